The molecule has 0 aromatic heterocycles. The van der Waals surface area contributed by atoms with E-state index < -0.39 is 0 Å². The van der Waals surface area contributed by atoms with Gasteiger partial charge in [0.25, 0.3) is 0 Å². The highest BCUT2D eigenvalue weighted by Gasteiger charge is 2.15. The summed E-state index contributed by atoms with van der Waals surface area (Å²) in [6.07, 6.45) is 4.01. The minimum absolute atomic E-state index is 0. The number of benzene rings is 1. The van der Waals surface area contributed by atoms with E-state index in [4.69, 9.17) is 18.9 Å². The summed E-state index contributed by atoms with van der Waals surface area (Å²) in [6, 6.07) is 6.12. The molecule has 0 spiro atoms. The molecule has 1 atom stereocenters. The van der Waals surface area contributed by atoms with E-state index in [1.807, 2.05) is 13.0 Å². The minimum Gasteiger partial charge on any atom is -0.493 e. The lowest BCUT2D eigenvalue weighted by Gasteiger charge is -2.13. The minimum atomic E-state index is 0. The van der Waals surface area contributed by atoms with Gasteiger partial charge in [-0.15, -0.1) is 24.0 Å². The number of nitrogens with zero attached hydrogens (tertiary/aromatic N) is 1. The lowest BCUT2D eigenvalue weighted by atomic mass is 10.1. The van der Waals surface area contributed by atoms with E-state index in [0.29, 0.717) is 12.5 Å². The highest BCUT2D eigenvalue weighted by atomic mass is 127. The zero-order chi connectivity index (χ0) is 21.4. The first-order valence-electron chi connectivity index (χ1n) is 11.2. The molecule has 0 bridgehead atoms. The topological polar surface area (TPSA) is 73.3 Å². The number of ether oxygens (including phenoxy) is 4. The normalized spacial score (nSPS) is 16.0. The van der Waals surface area contributed by atoms with E-state index in [1.165, 1.54) is 5.56 Å². The molecule has 1 unspecified atom stereocenters. The van der Waals surface area contributed by atoms with Crippen LogP contribution in [0.15, 0.2) is 23.2 Å². The number of halogens is 1. The molecule has 0 saturated carbocycles. The number of nitrogens with one attached hydrogen (secondary N) is 2. The molecule has 1 saturated heterocycles. The third kappa shape index (κ3) is 11.2. The van der Waals surface area contributed by atoms with Crippen molar-refractivity contribution in [3.8, 4) is 11.5 Å². The van der Waals surface area contributed by atoms with Gasteiger partial charge in [-0.3, -0.25) is 4.99 Å². The quantitative estimate of drug-likeness (QED) is 0.160. The molecule has 1 aliphatic heterocycles. The average molecular weight is 549 g/mol. The van der Waals surface area contributed by atoms with Gasteiger partial charge in [-0.05, 0) is 57.2 Å². The van der Waals surface area contributed by atoms with Gasteiger partial charge in [0.15, 0.2) is 17.5 Å². The number of aliphatic imine (C=N–C) groups is 1. The van der Waals surface area contributed by atoms with Crippen molar-refractivity contribution >= 4 is 29.9 Å². The SMILES string of the molecule is CCNC(=NCCCc1ccc(OC)c(OCC)c1)NCCCOCC1CCOC1.I. The first-order valence-corrected chi connectivity index (χ1v) is 11.2. The van der Waals surface area contributed by atoms with E-state index in [2.05, 4.69) is 34.7 Å². The van der Waals surface area contributed by atoms with Crippen LogP contribution in [0.4, 0.5) is 0 Å². The summed E-state index contributed by atoms with van der Waals surface area (Å²) in [5.74, 6) is 3.02. The van der Waals surface area contributed by atoms with Crippen molar-refractivity contribution in [2.45, 2.75) is 39.5 Å². The fourth-order valence-electron chi connectivity index (χ4n) is 3.31. The molecule has 0 radical (unpaired) electrons. The van der Waals surface area contributed by atoms with E-state index in [0.717, 1.165) is 89.2 Å². The van der Waals surface area contributed by atoms with Crippen molar-refractivity contribution in [2.24, 2.45) is 10.9 Å². The second-order valence-electron chi connectivity index (χ2n) is 7.37. The van der Waals surface area contributed by atoms with E-state index in [-0.39, 0.29) is 24.0 Å². The molecule has 178 valence electrons. The van der Waals surface area contributed by atoms with E-state index in [1.54, 1.807) is 7.11 Å². The van der Waals surface area contributed by atoms with Crippen molar-refractivity contribution < 1.29 is 18.9 Å². The lowest BCUT2D eigenvalue weighted by molar-refractivity contribution is 0.0888. The van der Waals surface area contributed by atoms with Gasteiger partial charge in [0.2, 0.25) is 0 Å². The van der Waals surface area contributed by atoms with Gasteiger partial charge < -0.3 is 29.6 Å². The van der Waals surface area contributed by atoms with Gasteiger partial charge in [-0.1, -0.05) is 6.07 Å². The number of aryl methyl sites for hydroxylation is 1. The fourth-order valence-corrected chi connectivity index (χ4v) is 3.31. The van der Waals surface area contributed by atoms with Gasteiger partial charge in [0, 0.05) is 38.8 Å². The summed E-state index contributed by atoms with van der Waals surface area (Å²) >= 11 is 0. The number of hydrogen-bond acceptors (Lipinski definition) is 5. The highest BCUT2D eigenvalue weighted by Crippen LogP contribution is 2.28. The molecule has 8 heteroatoms. The number of rotatable bonds is 14. The Morgan fingerprint density at radius 1 is 1.19 bits per heavy atom. The van der Waals surface area contributed by atoms with Gasteiger partial charge in [0.05, 0.1) is 26.9 Å². The zero-order valence-corrected chi connectivity index (χ0v) is 21.6. The van der Waals surface area contributed by atoms with Crippen molar-refractivity contribution in [1.29, 1.82) is 0 Å². The monoisotopic (exact) mass is 549 g/mol. The molecular formula is C23H40IN3O4. The third-order valence-corrected chi connectivity index (χ3v) is 4.90. The Morgan fingerprint density at radius 2 is 2.06 bits per heavy atom. The van der Waals surface area contributed by atoms with Gasteiger partial charge in [0.1, 0.15) is 0 Å². The third-order valence-electron chi connectivity index (χ3n) is 4.90. The highest BCUT2D eigenvalue weighted by molar-refractivity contribution is 14.0. The Hall–Kier alpha value is -1.26. The predicted molar refractivity (Wildman–Crippen MR) is 136 cm³/mol. The molecule has 2 rings (SSSR count). The molecule has 1 aliphatic rings. The van der Waals surface area contributed by atoms with Crippen molar-refractivity contribution in [3.05, 3.63) is 23.8 Å². The van der Waals surface area contributed by atoms with Crippen LogP contribution >= 0.6 is 24.0 Å². The second kappa shape index (κ2) is 17.3. The van der Waals surface area contributed by atoms with Gasteiger partial charge in [-0.25, -0.2) is 0 Å². The van der Waals surface area contributed by atoms with Crippen molar-refractivity contribution in [2.75, 3.05) is 59.8 Å². The summed E-state index contributed by atoms with van der Waals surface area (Å²) in [5.41, 5.74) is 1.23. The lowest BCUT2D eigenvalue weighted by Crippen LogP contribution is -2.38. The maximum atomic E-state index is 5.75. The van der Waals surface area contributed by atoms with Crippen LogP contribution in [0.25, 0.3) is 0 Å². The molecule has 2 N–H and O–H groups in total. The predicted octanol–water partition coefficient (Wildman–Crippen LogP) is 3.64. The molecule has 1 aromatic rings. The van der Waals surface area contributed by atoms with Gasteiger partial charge in [-0.2, -0.15) is 0 Å². The smallest absolute Gasteiger partial charge is 0.191 e. The molecular weight excluding hydrogens is 509 g/mol. The van der Waals surface area contributed by atoms with Crippen LogP contribution < -0.4 is 20.1 Å². The van der Waals surface area contributed by atoms with Crippen LogP contribution in [0.3, 0.4) is 0 Å². The second-order valence-corrected chi connectivity index (χ2v) is 7.37. The Morgan fingerprint density at radius 3 is 2.77 bits per heavy atom. The molecule has 1 fully saturated rings. The zero-order valence-electron chi connectivity index (χ0n) is 19.3. The maximum Gasteiger partial charge on any atom is 0.191 e. The van der Waals surface area contributed by atoms with Crippen molar-refractivity contribution in [3.63, 3.8) is 0 Å². The number of guanidine groups is 1. The maximum absolute atomic E-state index is 5.75. The molecule has 7 nitrogen and oxygen atoms in total. The van der Waals surface area contributed by atoms with Crippen LogP contribution in [0.1, 0.15) is 38.7 Å². The first-order chi connectivity index (χ1) is 14.8. The van der Waals surface area contributed by atoms with Crippen LogP contribution in [-0.2, 0) is 15.9 Å². The Kier molecular flexibility index (Phi) is 15.5. The molecule has 31 heavy (non-hydrogen) atoms. The largest absolute Gasteiger partial charge is 0.493 e. The molecule has 0 amide bonds. The Labute approximate surface area is 204 Å². The van der Waals surface area contributed by atoms with Crippen LogP contribution in [0, 0.1) is 5.92 Å². The van der Waals surface area contributed by atoms with Gasteiger partial charge >= 0.3 is 0 Å². The number of methoxy groups -OCH3 is 1. The summed E-state index contributed by atoms with van der Waals surface area (Å²) in [5, 5.41) is 6.69. The van der Waals surface area contributed by atoms with E-state index >= 15 is 0 Å². The summed E-state index contributed by atoms with van der Waals surface area (Å²) in [6.45, 7) is 10.5. The van der Waals surface area contributed by atoms with Crippen molar-refractivity contribution in [1.82, 2.24) is 10.6 Å². The number of hydrogen-bond donors (Lipinski definition) is 2. The fraction of sp³-hybridized carbons (Fsp3) is 0.696. The summed E-state index contributed by atoms with van der Waals surface area (Å²) in [4.78, 5) is 4.68. The van der Waals surface area contributed by atoms with Crippen LogP contribution in [-0.4, -0.2) is 65.7 Å². The molecule has 0 aliphatic carbocycles. The summed E-state index contributed by atoms with van der Waals surface area (Å²) < 4.78 is 22.1. The Bertz CT molecular complexity index is 625. The van der Waals surface area contributed by atoms with E-state index in [9.17, 15) is 0 Å². The van der Waals surface area contributed by atoms with Crippen LogP contribution in [0.5, 0.6) is 11.5 Å². The molecule has 1 aromatic carbocycles. The first kappa shape index (κ1) is 27.8. The average Bonchev–Trinajstić information content (AvgIpc) is 3.27. The Balaban J connectivity index is 0.00000480. The summed E-state index contributed by atoms with van der Waals surface area (Å²) in [7, 11) is 1.66. The standard InChI is InChI=1S/C23H39N3O4.HI/c1-4-24-23(26-13-7-14-28-17-20-11-15-29-18-20)25-12-6-8-19-9-10-21(27-3)22(16-19)30-5-2;/h9-10,16,20H,4-8,11-15,17-18H2,1-3H3,(H2,24,25,26);1H. The molecule has 1 heterocycles. The van der Waals surface area contributed by atoms with Crippen LogP contribution in [0.2, 0.25) is 0 Å².